The van der Waals surface area contributed by atoms with Gasteiger partial charge in [-0.2, -0.15) is 13.2 Å². The molecule has 1 fully saturated rings. The van der Waals surface area contributed by atoms with Crippen molar-refractivity contribution < 1.29 is 22.7 Å². The van der Waals surface area contributed by atoms with E-state index >= 15 is 0 Å². The van der Waals surface area contributed by atoms with Crippen LogP contribution in [0.1, 0.15) is 16.7 Å². The Bertz CT molecular complexity index is 832. The Hall–Kier alpha value is -2.74. The number of hydrogen-bond acceptors (Lipinski definition) is 3. The number of carbonyl (C=O) groups is 1. The van der Waals surface area contributed by atoms with Crippen LogP contribution in [0.3, 0.4) is 0 Å². The SMILES string of the molecule is COc1ccc(CCN2CCN(C(=O)NCc3cccc(C(F)(F)F)c3)CC2)cc1. The second-order valence-electron chi connectivity index (χ2n) is 7.28. The minimum absolute atomic E-state index is 0.0699. The van der Waals surface area contributed by atoms with Crippen LogP contribution in [-0.2, 0) is 19.1 Å². The van der Waals surface area contributed by atoms with Gasteiger partial charge < -0.3 is 15.0 Å². The summed E-state index contributed by atoms with van der Waals surface area (Å²) in [5, 5.41) is 2.72. The molecule has 0 unspecified atom stereocenters. The van der Waals surface area contributed by atoms with Gasteiger partial charge in [0, 0.05) is 39.3 Å². The number of urea groups is 1. The molecule has 2 amide bonds. The van der Waals surface area contributed by atoms with Crippen molar-refractivity contribution in [3.05, 3.63) is 65.2 Å². The zero-order valence-corrected chi connectivity index (χ0v) is 16.9. The third kappa shape index (κ3) is 6.13. The van der Waals surface area contributed by atoms with E-state index in [9.17, 15) is 18.0 Å². The molecule has 0 aliphatic carbocycles. The number of rotatable bonds is 6. The van der Waals surface area contributed by atoms with Gasteiger partial charge in [-0.25, -0.2) is 4.79 Å². The quantitative estimate of drug-likeness (QED) is 0.772. The van der Waals surface area contributed by atoms with E-state index in [1.807, 2.05) is 12.1 Å². The Morgan fingerprint density at radius 2 is 1.73 bits per heavy atom. The Morgan fingerprint density at radius 1 is 1.03 bits per heavy atom. The van der Waals surface area contributed by atoms with Crippen LogP contribution in [0.15, 0.2) is 48.5 Å². The topological polar surface area (TPSA) is 44.8 Å². The highest BCUT2D eigenvalue weighted by Gasteiger charge is 2.30. The maximum atomic E-state index is 12.8. The van der Waals surface area contributed by atoms with Crippen LogP contribution >= 0.6 is 0 Å². The summed E-state index contributed by atoms with van der Waals surface area (Å²) in [5.41, 5.74) is 0.952. The Labute approximate surface area is 174 Å². The minimum Gasteiger partial charge on any atom is -0.497 e. The first-order valence-electron chi connectivity index (χ1n) is 9.89. The molecule has 0 aromatic heterocycles. The van der Waals surface area contributed by atoms with Crippen LogP contribution < -0.4 is 10.1 Å². The van der Waals surface area contributed by atoms with E-state index in [1.165, 1.54) is 11.6 Å². The van der Waals surface area contributed by atoms with Crippen molar-refractivity contribution in [1.82, 2.24) is 15.1 Å². The van der Waals surface area contributed by atoms with Crippen molar-refractivity contribution in [3.8, 4) is 5.75 Å². The maximum Gasteiger partial charge on any atom is 0.416 e. The molecule has 2 aromatic carbocycles. The monoisotopic (exact) mass is 421 g/mol. The molecule has 1 aliphatic rings. The summed E-state index contributed by atoms with van der Waals surface area (Å²) in [6.07, 6.45) is -3.46. The average molecular weight is 421 g/mol. The second kappa shape index (κ2) is 9.84. The number of nitrogens with one attached hydrogen (secondary N) is 1. The fourth-order valence-corrected chi connectivity index (χ4v) is 3.40. The van der Waals surface area contributed by atoms with Gasteiger partial charge in [0.1, 0.15) is 5.75 Å². The number of carbonyl (C=O) groups excluding carboxylic acids is 1. The van der Waals surface area contributed by atoms with Gasteiger partial charge >= 0.3 is 12.2 Å². The van der Waals surface area contributed by atoms with Crippen LogP contribution in [0.2, 0.25) is 0 Å². The predicted molar refractivity (Wildman–Crippen MR) is 108 cm³/mol. The van der Waals surface area contributed by atoms with Crippen LogP contribution in [-0.4, -0.2) is 55.7 Å². The molecule has 8 heteroatoms. The van der Waals surface area contributed by atoms with E-state index in [0.717, 1.165) is 43.9 Å². The summed E-state index contributed by atoms with van der Waals surface area (Å²) in [4.78, 5) is 16.4. The van der Waals surface area contributed by atoms with Crippen molar-refractivity contribution in [3.63, 3.8) is 0 Å². The Kier molecular flexibility index (Phi) is 7.20. The highest BCUT2D eigenvalue weighted by atomic mass is 19.4. The first-order valence-corrected chi connectivity index (χ1v) is 9.89. The predicted octanol–water partition coefficient (Wildman–Crippen LogP) is 3.78. The van der Waals surface area contributed by atoms with Gasteiger partial charge in [0.15, 0.2) is 0 Å². The Morgan fingerprint density at radius 3 is 2.37 bits per heavy atom. The molecular formula is C22H26F3N3O2. The number of alkyl halides is 3. The number of amides is 2. The third-order valence-corrected chi connectivity index (χ3v) is 5.23. The summed E-state index contributed by atoms with van der Waals surface area (Å²) in [6, 6.07) is 12.8. The second-order valence-corrected chi connectivity index (χ2v) is 7.28. The van der Waals surface area contributed by atoms with Crippen molar-refractivity contribution in [2.75, 3.05) is 39.8 Å². The molecule has 0 radical (unpaired) electrons. The first-order chi connectivity index (χ1) is 14.3. The van der Waals surface area contributed by atoms with Crippen LogP contribution in [0.25, 0.3) is 0 Å². The summed E-state index contributed by atoms with van der Waals surface area (Å²) >= 11 is 0. The van der Waals surface area contributed by atoms with Crippen LogP contribution in [0.5, 0.6) is 5.75 Å². The molecule has 30 heavy (non-hydrogen) atoms. The fraction of sp³-hybridized carbons (Fsp3) is 0.409. The normalized spacial score (nSPS) is 15.1. The smallest absolute Gasteiger partial charge is 0.416 e. The molecule has 162 valence electrons. The van der Waals surface area contributed by atoms with Gasteiger partial charge in [-0.05, 0) is 41.8 Å². The van der Waals surface area contributed by atoms with Gasteiger partial charge in [0.2, 0.25) is 0 Å². The molecular weight excluding hydrogens is 395 g/mol. The number of halogens is 3. The number of ether oxygens (including phenoxy) is 1. The third-order valence-electron chi connectivity index (χ3n) is 5.23. The molecule has 3 rings (SSSR count). The lowest BCUT2D eigenvalue weighted by molar-refractivity contribution is -0.137. The van der Waals surface area contributed by atoms with Gasteiger partial charge in [0.05, 0.1) is 12.7 Å². The van der Waals surface area contributed by atoms with E-state index in [4.69, 9.17) is 4.74 Å². The molecule has 1 aliphatic heterocycles. The van der Waals surface area contributed by atoms with Crippen LogP contribution in [0.4, 0.5) is 18.0 Å². The van der Waals surface area contributed by atoms with Crippen LogP contribution in [0, 0.1) is 0 Å². The summed E-state index contributed by atoms with van der Waals surface area (Å²) in [6.45, 7) is 3.71. The van der Waals surface area contributed by atoms with E-state index in [0.29, 0.717) is 18.7 Å². The Balaban J connectivity index is 1.40. The number of piperazine rings is 1. The number of benzene rings is 2. The van der Waals surface area contributed by atoms with E-state index in [2.05, 4.69) is 22.3 Å². The first kappa shape index (κ1) is 22.0. The lowest BCUT2D eigenvalue weighted by atomic mass is 10.1. The molecule has 1 heterocycles. The average Bonchev–Trinajstić information content (AvgIpc) is 2.76. The molecule has 0 spiro atoms. The number of methoxy groups -OCH3 is 1. The largest absolute Gasteiger partial charge is 0.497 e. The highest BCUT2D eigenvalue weighted by Crippen LogP contribution is 2.29. The lowest BCUT2D eigenvalue weighted by Crippen LogP contribution is -2.51. The van der Waals surface area contributed by atoms with E-state index < -0.39 is 11.7 Å². The van der Waals surface area contributed by atoms with Crippen molar-refractivity contribution in [2.24, 2.45) is 0 Å². The molecule has 1 N–H and O–H groups in total. The summed E-state index contributed by atoms with van der Waals surface area (Å²) in [7, 11) is 1.64. The number of hydrogen-bond donors (Lipinski definition) is 1. The van der Waals surface area contributed by atoms with Gasteiger partial charge in [-0.15, -0.1) is 0 Å². The molecule has 5 nitrogen and oxygen atoms in total. The van der Waals surface area contributed by atoms with E-state index in [-0.39, 0.29) is 12.6 Å². The zero-order chi connectivity index (χ0) is 21.6. The minimum atomic E-state index is -4.39. The van der Waals surface area contributed by atoms with Gasteiger partial charge in [-0.3, -0.25) is 4.90 Å². The highest BCUT2D eigenvalue weighted by molar-refractivity contribution is 5.74. The zero-order valence-electron chi connectivity index (χ0n) is 16.9. The van der Waals surface area contributed by atoms with Gasteiger partial charge in [-0.1, -0.05) is 24.3 Å². The summed E-state index contributed by atoms with van der Waals surface area (Å²) in [5.74, 6) is 0.837. The van der Waals surface area contributed by atoms with E-state index in [1.54, 1.807) is 18.1 Å². The maximum absolute atomic E-state index is 12.8. The molecule has 2 aromatic rings. The lowest BCUT2D eigenvalue weighted by Gasteiger charge is -2.34. The molecule has 0 bridgehead atoms. The summed E-state index contributed by atoms with van der Waals surface area (Å²) < 4.78 is 43.5. The standard InChI is InChI=1S/C22H26F3N3O2/c1-30-20-7-5-17(6-8-20)9-10-27-11-13-28(14-12-27)21(29)26-16-18-3-2-4-19(15-18)22(23,24)25/h2-8,15H,9-14,16H2,1H3,(H,26,29). The molecule has 0 atom stereocenters. The molecule has 1 saturated heterocycles. The van der Waals surface area contributed by atoms with Crippen molar-refractivity contribution in [1.29, 1.82) is 0 Å². The van der Waals surface area contributed by atoms with Crippen molar-refractivity contribution in [2.45, 2.75) is 19.1 Å². The molecule has 0 saturated carbocycles. The van der Waals surface area contributed by atoms with Gasteiger partial charge in [0.25, 0.3) is 0 Å². The fourth-order valence-electron chi connectivity index (χ4n) is 3.40. The van der Waals surface area contributed by atoms with Crippen molar-refractivity contribution >= 4 is 6.03 Å². The number of nitrogens with zero attached hydrogens (tertiary/aromatic N) is 2.